The van der Waals surface area contributed by atoms with E-state index in [0.717, 1.165) is 34.4 Å². The zero-order chi connectivity index (χ0) is 32.9. The van der Waals surface area contributed by atoms with E-state index in [1.807, 2.05) is 48.5 Å². The highest BCUT2D eigenvalue weighted by Gasteiger charge is 2.51. The summed E-state index contributed by atoms with van der Waals surface area (Å²) >= 11 is 0. The Bertz CT molecular complexity index is 1850. The minimum absolute atomic E-state index is 0.00117. The van der Waals surface area contributed by atoms with Crippen LogP contribution in [0.15, 0.2) is 95.9 Å². The van der Waals surface area contributed by atoms with Crippen LogP contribution in [0.2, 0.25) is 0 Å². The van der Waals surface area contributed by atoms with Crippen molar-refractivity contribution < 1.29 is 41.1 Å². The molecule has 2 N–H and O–H groups in total. The Morgan fingerprint density at radius 3 is 2.13 bits per heavy atom. The lowest BCUT2D eigenvalue weighted by Gasteiger charge is -2.27. The van der Waals surface area contributed by atoms with Crippen molar-refractivity contribution in [3.63, 3.8) is 0 Å². The smallest absolute Gasteiger partial charge is 0.421 e. The number of anilines is 1. The molecule has 8 nitrogen and oxygen atoms in total. The number of nitrogens with one attached hydrogen (secondary N) is 1. The third-order valence-corrected chi connectivity index (χ3v) is 10.3. The standard InChI is InChI=1S/C34H31F3N2O6S/c1-3-46(42,43)24-16-17-25-21(18-24)19-39(31(25)45-38-23-14-12-22(13-15-23)33(2,41)34(35,36)37)32(40)44-20-30-28-10-6-4-8-26(28)27-9-5-7-11-29(27)30/h4-18,30-31,38,41H,3,19-20H2,1-2H3. The molecule has 4 aromatic rings. The van der Waals surface area contributed by atoms with Gasteiger partial charge in [0.25, 0.3) is 0 Å². The molecule has 0 bridgehead atoms. The van der Waals surface area contributed by atoms with Crippen molar-refractivity contribution in [2.24, 2.45) is 0 Å². The van der Waals surface area contributed by atoms with Gasteiger partial charge < -0.3 is 9.84 Å². The van der Waals surface area contributed by atoms with E-state index in [4.69, 9.17) is 9.57 Å². The third-order valence-electron chi connectivity index (χ3n) is 8.60. The molecule has 0 radical (unpaired) electrons. The van der Waals surface area contributed by atoms with Crippen LogP contribution in [0.4, 0.5) is 23.7 Å². The number of carbonyl (C=O) groups excluding carboxylic acids is 1. The van der Waals surface area contributed by atoms with Crippen LogP contribution >= 0.6 is 0 Å². The van der Waals surface area contributed by atoms with Gasteiger partial charge in [0.15, 0.2) is 21.7 Å². The fraction of sp³-hybridized carbons (Fsp3) is 0.265. The molecule has 6 rings (SSSR count). The molecule has 4 aromatic carbocycles. The number of fused-ring (bicyclic) bond motifs is 4. The first-order valence-corrected chi connectivity index (χ1v) is 16.3. The molecule has 2 atom stereocenters. The van der Waals surface area contributed by atoms with Crippen LogP contribution in [-0.4, -0.2) is 43.1 Å². The van der Waals surface area contributed by atoms with Gasteiger partial charge in [-0.05, 0) is 64.6 Å². The van der Waals surface area contributed by atoms with Crippen molar-refractivity contribution in [2.45, 2.75) is 49.2 Å². The van der Waals surface area contributed by atoms with Gasteiger partial charge >= 0.3 is 12.3 Å². The second-order valence-corrected chi connectivity index (χ2v) is 13.7. The molecule has 1 heterocycles. The zero-order valence-corrected chi connectivity index (χ0v) is 25.7. The Hall–Kier alpha value is -4.39. The number of carbonyl (C=O) groups is 1. The number of hydrogen-bond donors (Lipinski definition) is 2. The minimum Gasteiger partial charge on any atom is -0.448 e. The Kier molecular flexibility index (Phi) is 8.07. The molecule has 46 heavy (non-hydrogen) atoms. The summed E-state index contributed by atoms with van der Waals surface area (Å²) in [6.45, 7) is 2.26. The molecule has 2 unspecified atom stereocenters. The summed E-state index contributed by atoms with van der Waals surface area (Å²) in [5.41, 5.74) is 4.83. The zero-order valence-electron chi connectivity index (χ0n) is 24.9. The molecule has 1 amide bonds. The maximum Gasteiger partial charge on any atom is 0.421 e. The van der Waals surface area contributed by atoms with Gasteiger partial charge in [0.05, 0.1) is 22.9 Å². The van der Waals surface area contributed by atoms with Crippen LogP contribution < -0.4 is 5.48 Å². The topological polar surface area (TPSA) is 105 Å². The number of sulfone groups is 1. The Morgan fingerprint density at radius 2 is 1.54 bits per heavy atom. The van der Waals surface area contributed by atoms with Crippen molar-refractivity contribution >= 4 is 21.6 Å². The highest BCUT2D eigenvalue weighted by Crippen LogP contribution is 2.45. The predicted octanol–water partition coefficient (Wildman–Crippen LogP) is 7.06. The lowest BCUT2D eigenvalue weighted by atomic mass is 9.95. The second kappa shape index (κ2) is 11.8. The number of halogens is 3. The number of rotatable bonds is 8. The highest BCUT2D eigenvalue weighted by atomic mass is 32.2. The minimum atomic E-state index is -4.88. The summed E-state index contributed by atoms with van der Waals surface area (Å²) in [5.74, 6) is -0.284. The van der Waals surface area contributed by atoms with Crippen LogP contribution in [0.1, 0.15) is 53.8 Å². The number of alkyl halides is 3. The fourth-order valence-corrected chi connectivity index (χ4v) is 6.80. The SMILES string of the molecule is CCS(=O)(=O)c1ccc2c(c1)CN(C(=O)OCC1c3ccccc3-c3ccccc31)C2ONc1ccc(C(C)(O)C(F)(F)F)cc1. The van der Waals surface area contributed by atoms with Gasteiger partial charge in [-0.1, -0.05) is 73.7 Å². The molecule has 0 saturated heterocycles. The summed E-state index contributed by atoms with van der Waals surface area (Å²) in [6.07, 6.45) is -6.62. The van der Waals surface area contributed by atoms with Gasteiger partial charge in [-0.3, -0.25) is 10.4 Å². The van der Waals surface area contributed by atoms with E-state index in [9.17, 15) is 31.5 Å². The number of nitrogens with zero attached hydrogens (tertiary/aromatic N) is 1. The number of benzene rings is 4. The summed E-state index contributed by atoms with van der Waals surface area (Å²) in [6, 6.07) is 25.2. The largest absolute Gasteiger partial charge is 0.448 e. The normalized spacial score (nSPS) is 17.2. The first-order valence-electron chi connectivity index (χ1n) is 14.6. The Balaban J connectivity index is 1.24. The van der Waals surface area contributed by atoms with Crippen molar-refractivity contribution in [1.82, 2.24) is 4.90 Å². The molecule has 1 aliphatic carbocycles. The molecule has 0 saturated carbocycles. The lowest BCUT2D eigenvalue weighted by Crippen LogP contribution is -2.39. The number of amides is 1. The molecule has 12 heteroatoms. The Morgan fingerprint density at radius 1 is 0.935 bits per heavy atom. The van der Waals surface area contributed by atoms with E-state index < -0.39 is 33.9 Å². The van der Waals surface area contributed by atoms with Gasteiger partial charge in [0.1, 0.15) is 6.61 Å². The molecule has 240 valence electrons. The van der Waals surface area contributed by atoms with Crippen LogP contribution in [0.25, 0.3) is 11.1 Å². The first kappa shape index (κ1) is 31.6. The summed E-state index contributed by atoms with van der Waals surface area (Å²) in [4.78, 5) is 21.0. The van der Waals surface area contributed by atoms with Gasteiger partial charge in [0.2, 0.25) is 0 Å². The quantitative estimate of drug-likeness (QED) is 0.197. The number of ether oxygens (including phenoxy) is 1. The second-order valence-electron chi connectivity index (χ2n) is 11.4. The summed E-state index contributed by atoms with van der Waals surface area (Å²) in [7, 11) is -3.53. The summed E-state index contributed by atoms with van der Waals surface area (Å²) < 4.78 is 70.9. The molecule has 0 aromatic heterocycles. The first-order chi connectivity index (χ1) is 21.8. The van der Waals surface area contributed by atoms with E-state index in [0.29, 0.717) is 18.1 Å². The fourth-order valence-electron chi connectivity index (χ4n) is 5.87. The maximum absolute atomic E-state index is 13.6. The van der Waals surface area contributed by atoms with Crippen molar-refractivity contribution in [2.75, 3.05) is 17.8 Å². The van der Waals surface area contributed by atoms with E-state index in [1.54, 1.807) is 13.0 Å². The molecule has 0 fully saturated rings. The monoisotopic (exact) mass is 652 g/mol. The van der Waals surface area contributed by atoms with Gasteiger partial charge in [-0.15, -0.1) is 0 Å². The average Bonchev–Trinajstić information content (AvgIpc) is 3.57. The van der Waals surface area contributed by atoms with Crippen molar-refractivity contribution in [3.8, 4) is 11.1 Å². The average molecular weight is 653 g/mol. The van der Waals surface area contributed by atoms with Crippen LogP contribution in [-0.2, 0) is 31.6 Å². The van der Waals surface area contributed by atoms with Crippen molar-refractivity contribution in [1.29, 1.82) is 0 Å². The van der Waals surface area contributed by atoms with Gasteiger partial charge in [0, 0.05) is 11.5 Å². The predicted molar refractivity (Wildman–Crippen MR) is 164 cm³/mol. The van der Waals surface area contributed by atoms with Gasteiger partial charge in [-0.25, -0.2) is 18.0 Å². The van der Waals surface area contributed by atoms with E-state index in [-0.39, 0.29) is 41.0 Å². The van der Waals surface area contributed by atoms with E-state index in [2.05, 4.69) is 5.48 Å². The van der Waals surface area contributed by atoms with Crippen LogP contribution in [0.3, 0.4) is 0 Å². The highest BCUT2D eigenvalue weighted by molar-refractivity contribution is 7.91. The van der Waals surface area contributed by atoms with Crippen LogP contribution in [0.5, 0.6) is 0 Å². The maximum atomic E-state index is 13.6. The van der Waals surface area contributed by atoms with Crippen LogP contribution in [0, 0.1) is 0 Å². The third kappa shape index (κ3) is 5.61. The van der Waals surface area contributed by atoms with Gasteiger partial charge in [-0.2, -0.15) is 13.2 Å². The molecular formula is C34H31F3N2O6S. The number of hydrogen-bond acceptors (Lipinski definition) is 7. The number of aliphatic hydroxyl groups is 1. The molecular weight excluding hydrogens is 621 g/mol. The summed E-state index contributed by atoms with van der Waals surface area (Å²) in [5, 5.41) is 9.98. The Labute approximate surface area is 264 Å². The van der Waals surface area contributed by atoms with E-state index in [1.165, 1.54) is 29.2 Å². The molecule has 2 aliphatic rings. The molecule has 0 spiro atoms. The molecule has 1 aliphatic heterocycles. The lowest BCUT2D eigenvalue weighted by molar-refractivity contribution is -0.258. The van der Waals surface area contributed by atoms with Crippen molar-refractivity contribution in [3.05, 3.63) is 119 Å². The van der Waals surface area contributed by atoms with E-state index >= 15 is 0 Å².